The Bertz CT molecular complexity index is 1410. The minimum Gasteiger partial charge on any atom is -0.496 e. The lowest BCUT2D eigenvalue weighted by atomic mass is 9.85. The van der Waals surface area contributed by atoms with E-state index in [1.807, 2.05) is 19.1 Å². The number of nitrogens with zero attached hydrogens (tertiary/aromatic N) is 2. The van der Waals surface area contributed by atoms with Gasteiger partial charge in [0.15, 0.2) is 0 Å². The summed E-state index contributed by atoms with van der Waals surface area (Å²) in [6.07, 6.45) is 4.53. The fourth-order valence-corrected chi connectivity index (χ4v) is 6.63. The summed E-state index contributed by atoms with van der Waals surface area (Å²) >= 11 is 1.55. The zero-order valence-corrected chi connectivity index (χ0v) is 27.5. The quantitative estimate of drug-likeness (QED) is 0.269. The Hall–Kier alpha value is -3.43. The van der Waals surface area contributed by atoms with E-state index in [0.29, 0.717) is 24.5 Å². The van der Waals surface area contributed by atoms with Gasteiger partial charge in [-0.2, -0.15) is 0 Å². The van der Waals surface area contributed by atoms with Gasteiger partial charge in [-0.05, 0) is 81.4 Å². The van der Waals surface area contributed by atoms with Gasteiger partial charge in [-0.1, -0.05) is 32.1 Å². The fraction of sp³-hybridized carbons (Fsp3) is 0.471. The van der Waals surface area contributed by atoms with E-state index in [1.54, 1.807) is 43.0 Å². The summed E-state index contributed by atoms with van der Waals surface area (Å²) in [6, 6.07) is 9.49. The van der Waals surface area contributed by atoms with E-state index in [1.165, 1.54) is 0 Å². The maximum Gasteiger partial charge on any atom is 0.415 e. The summed E-state index contributed by atoms with van der Waals surface area (Å²) in [6.45, 7) is 15.9. The first-order valence-corrected chi connectivity index (χ1v) is 15.8. The molecule has 4 rings (SSSR count). The third kappa shape index (κ3) is 7.75. The number of allylic oxidation sites excluding steroid dienone is 3. The highest BCUT2D eigenvalue weighted by molar-refractivity contribution is 8.04. The number of likely N-dealkylation sites (N-methyl/N-ethyl adjacent to an activating group) is 2. The number of carbonyl (C=O) groups is 2. The molecule has 1 unspecified atom stereocenters. The van der Waals surface area contributed by atoms with Gasteiger partial charge in [-0.15, -0.1) is 11.8 Å². The van der Waals surface area contributed by atoms with Crippen molar-refractivity contribution in [2.75, 3.05) is 45.7 Å². The van der Waals surface area contributed by atoms with Crippen LogP contribution in [-0.4, -0.2) is 73.0 Å². The first-order chi connectivity index (χ1) is 20.5. The lowest BCUT2D eigenvalue weighted by Crippen LogP contribution is -2.37. The van der Waals surface area contributed by atoms with Gasteiger partial charge in [0.25, 0.3) is 0 Å². The number of esters is 1. The van der Waals surface area contributed by atoms with Crippen molar-refractivity contribution in [2.24, 2.45) is 0 Å². The van der Waals surface area contributed by atoms with Gasteiger partial charge >= 0.3 is 12.1 Å². The van der Waals surface area contributed by atoms with Crippen molar-refractivity contribution in [3.8, 4) is 22.6 Å². The van der Waals surface area contributed by atoms with E-state index in [-0.39, 0.29) is 23.4 Å². The molecule has 0 aliphatic carbocycles. The number of thioether (sulfide) groups is 1. The number of benzene rings is 2. The summed E-state index contributed by atoms with van der Waals surface area (Å²) < 4.78 is 17.5. The van der Waals surface area contributed by atoms with Crippen LogP contribution >= 0.6 is 11.8 Å². The van der Waals surface area contributed by atoms with Crippen LogP contribution in [0, 0.1) is 0 Å². The second kappa shape index (κ2) is 13.9. The van der Waals surface area contributed by atoms with E-state index >= 15 is 0 Å². The van der Waals surface area contributed by atoms with Gasteiger partial charge in [-0.25, -0.2) is 4.79 Å². The molecule has 0 spiro atoms. The third-order valence-electron chi connectivity index (χ3n) is 7.94. The van der Waals surface area contributed by atoms with E-state index in [4.69, 9.17) is 14.2 Å². The molecule has 0 radical (unpaired) electrons. The molecule has 0 aromatic heterocycles. The van der Waals surface area contributed by atoms with Crippen LogP contribution in [0.5, 0.6) is 11.5 Å². The van der Waals surface area contributed by atoms with Gasteiger partial charge < -0.3 is 29.3 Å². The molecule has 0 saturated heterocycles. The topological polar surface area (TPSA) is 80.3 Å². The summed E-state index contributed by atoms with van der Waals surface area (Å²) in [5.74, 6) is 0.735. The number of hydrogen-bond acceptors (Lipinski definition) is 8. The van der Waals surface area contributed by atoms with Crippen LogP contribution in [0.1, 0.15) is 59.1 Å². The predicted octanol–water partition coefficient (Wildman–Crippen LogP) is 7.19. The molecule has 1 N–H and O–H groups in total. The lowest BCUT2D eigenvalue weighted by molar-refractivity contribution is -0.144. The third-order valence-corrected chi connectivity index (χ3v) is 9.14. The number of nitrogens with one attached hydrogen (secondary N) is 1. The standard InChI is InChI=1S/C34H45N3O5S/c1-9-37(10-2)18-17-36(7)33(39)42-24-12-13-26(29(19-24)40-8)25-14-15-28-31(22(3)20-34(5,6)35-28)27(25)21-41-32(38)30-16-11-23(4)43-30/h11-15,19-20,30,35H,9-10,16-18,21H2,1-8H3. The van der Waals surface area contributed by atoms with Crippen LogP contribution in [0.15, 0.2) is 47.4 Å². The highest BCUT2D eigenvalue weighted by atomic mass is 32.2. The molecule has 2 aliphatic rings. The lowest BCUT2D eigenvalue weighted by Gasteiger charge is -2.33. The Morgan fingerprint density at radius 2 is 1.79 bits per heavy atom. The second-order valence-corrected chi connectivity index (χ2v) is 13.1. The molecule has 2 aliphatic heterocycles. The Morgan fingerprint density at radius 3 is 2.44 bits per heavy atom. The molecule has 232 valence electrons. The molecular formula is C34H45N3O5S. The van der Waals surface area contributed by atoms with Crippen LogP contribution in [0.4, 0.5) is 10.5 Å². The van der Waals surface area contributed by atoms with Crippen molar-refractivity contribution in [3.05, 3.63) is 58.5 Å². The van der Waals surface area contributed by atoms with Gasteiger partial charge in [-0.3, -0.25) is 4.79 Å². The van der Waals surface area contributed by atoms with Crippen LogP contribution < -0.4 is 14.8 Å². The highest BCUT2D eigenvalue weighted by Crippen LogP contribution is 2.43. The Kier molecular flexibility index (Phi) is 10.5. The summed E-state index contributed by atoms with van der Waals surface area (Å²) in [4.78, 5) is 30.8. The Labute approximate surface area is 260 Å². The molecular weight excluding hydrogens is 562 g/mol. The zero-order chi connectivity index (χ0) is 31.3. The van der Waals surface area contributed by atoms with E-state index in [2.05, 4.69) is 63.1 Å². The number of anilines is 1. The Balaban J connectivity index is 1.63. The molecule has 0 fully saturated rings. The number of rotatable bonds is 11. The first kappa shape index (κ1) is 32.5. The fourth-order valence-electron chi connectivity index (χ4n) is 5.63. The van der Waals surface area contributed by atoms with E-state index in [0.717, 1.165) is 58.1 Å². The SMILES string of the molecule is CCN(CC)CCN(C)C(=O)Oc1ccc(-c2ccc3c(c2COC(=O)C2CC=C(C)S2)C(C)=CC(C)(C)N3)c(OC)c1. The van der Waals surface area contributed by atoms with Crippen molar-refractivity contribution in [3.63, 3.8) is 0 Å². The van der Waals surface area contributed by atoms with Gasteiger partial charge in [0.2, 0.25) is 0 Å². The first-order valence-electron chi connectivity index (χ1n) is 14.9. The van der Waals surface area contributed by atoms with Crippen LogP contribution in [0.3, 0.4) is 0 Å². The monoisotopic (exact) mass is 607 g/mol. The molecule has 9 heteroatoms. The Morgan fingerprint density at radius 1 is 1.07 bits per heavy atom. The summed E-state index contributed by atoms with van der Waals surface area (Å²) in [5, 5.41) is 3.39. The van der Waals surface area contributed by atoms with Crippen LogP contribution in [0.2, 0.25) is 0 Å². The molecule has 43 heavy (non-hydrogen) atoms. The molecule has 0 saturated carbocycles. The number of carbonyl (C=O) groups excluding carboxylic acids is 2. The normalized spacial score (nSPS) is 17.0. The maximum atomic E-state index is 13.0. The number of hydrogen-bond donors (Lipinski definition) is 1. The number of ether oxygens (including phenoxy) is 3. The molecule has 2 aromatic rings. The minimum absolute atomic E-state index is 0.123. The number of fused-ring (bicyclic) bond motifs is 1. The second-order valence-electron chi connectivity index (χ2n) is 11.6. The average molecular weight is 608 g/mol. The number of amides is 1. The van der Waals surface area contributed by atoms with E-state index in [9.17, 15) is 9.59 Å². The zero-order valence-electron chi connectivity index (χ0n) is 26.7. The molecule has 0 bridgehead atoms. The smallest absolute Gasteiger partial charge is 0.415 e. The van der Waals surface area contributed by atoms with Crippen molar-refractivity contribution in [1.82, 2.24) is 9.80 Å². The molecule has 2 heterocycles. The van der Waals surface area contributed by atoms with Gasteiger partial charge in [0.1, 0.15) is 23.4 Å². The molecule has 1 atom stereocenters. The van der Waals surface area contributed by atoms with Crippen LogP contribution in [-0.2, 0) is 16.1 Å². The predicted molar refractivity (Wildman–Crippen MR) is 176 cm³/mol. The molecule has 8 nitrogen and oxygen atoms in total. The van der Waals surface area contributed by atoms with Crippen molar-refractivity contribution in [1.29, 1.82) is 0 Å². The molecule has 2 aromatic carbocycles. The van der Waals surface area contributed by atoms with Crippen molar-refractivity contribution < 1.29 is 23.8 Å². The van der Waals surface area contributed by atoms with E-state index < -0.39 is 6.09 Å². The molecule has 1 amide bonds. The highest BCUT2D eigenvalue weighted by Gasteiger charge is 2.29. The van der Waals surface area contributed by atoms with Gasteiger partial charge in [0, 0.05) is 48.6 Å². The largest absolute Gasteiger partial charge is 0.496 e. The van der Waals surface area contributed by atoms with Gasteiger partial charge in [0.05, 0.1) is 12.6 Å². The van der Waals surface area contributed by atoms with Crippen molar-refractivity contribution in [2.45, 2.75) is 65.4 Å². The summed E-state index contributed by atoms with van der Waals surface area (Å²) in [7, 11) is 3.34. The van der Waals surface area contributed by atoms with Crippen molar-refractivity contribution >= 4 is 35.1 Å². The average Bonchev–Trinajstić information content (AvgIpc) is 3.41. The van der Waals surface area contributed by atoms with Crippen LogP contribution in [0.25, 0.3) is 16.7 Å². The number of methoxy groups -OCH3 is 1. The maximum absolute atomic E-state index is 13.0. The minimum atomic E-state index is -0.424. The summed E-state index contributed by atoms with van der Waals surface area (Å²) in [5.41, 5.74) is 5.51.